The van der Waals surface area contributed by atoms with E-state index in [1.807, 2.05) is 30.7 Å². The molecular weight excluding hydrogens is 238 g/mol. The fraction of sp³-hybridized carbons (Fsp3) is 0.200. The summed E-state index contributed by atoms with van der Waals surface area (Å²) >= 11 is 0. The standard InChI is InChI=1S/C15H15N3O/c1-11-7-8-16-15-14(11)17-10-18(15)9-12-3-5-13(19-2)6-4-12/h3-8,10H,9H2,1-2H3. The van der Waals surface area contributed by atoms with Crippen LogP contribution in [0.1, 0.15) is 11.1 Å². The van der Waals surface area contributed by atoms with Crippen LogP contribution in [-0.4, -0.2) is 21.6 Å². The van der Waals surface area contributed by atoms with E-state index in [1.54, 1.807) is 7.11 Å². The molecule has 0 spiro atoms. The molecule has 0 aliphatic carbocycles. The van der Waals surface area contributed by atoms with Crippen molar-refractivity contribution in [3.05, 3.63) is 54.0 Å². The van der Waals surface area contributed by atoms with Crippen molar-refractivity contribution < 1.29 is 4.74 Å². The highest BCUT2D eigenvalue weighted by atomic mass is 16.5. The molecule has 96 valence electrons. The number of rotatable bonds is 3. The first-order valence-corrected chi connectivity index (χ1v) is 6.17. The van der Waals surface area contributed by atoms with E-state index in [0.717, 1.165) is 29.0 Å². The first kappa shape index (κ1) is 11.7. The van der Waals surface area contributed by atoms with Crippen molar-refractivity contribution in [2.24, 2.45) is 0 Å². The summed E-state index contributed by atoms with van der Waals surface area (Å²) in [4.78, 5) is 8.83. The molecule has 1 aromatic carbocycles. The van der Waals surface area contributed by atoms with Crippen LogP contribution in [0.3, 0.4) is 0 Å². The van der Waals surface area contributed by atoms with Gasteiger partial charge in [-0.05, 0) is 36.2 Å². The predicted molar refractivity (Wildman–Crippen MR) is 74.4 cm³/mol. The largest absolute Gasteiger partial charge is 0.497 e. The van der Waals surface area contributed by atoms with Crippen LogP contribution in [0.4, 0.5) is 0 Å². The van der Waals surface area contributed by atoms with Gasteiger partial charge in [0, 0.05) is 6.20 Å². The van der Waals surface area contributed by atoms with Gasteiger partial charge in [-0.3, -0.25) is 0 Å². The molecule has 0 aliphatic heterocycles. The number of aromatic nitrogens is 3. The molecule has 0 saturated carbocycles. The van der Waals surface area contributed by atoms with Crippen LogP contribution in [0.15, 0.2) is 42.9 Å². The molecule has 0 bridgehead atoms. The molecule has 2 aromatic heterocycles. The Morgan fingerprint density at radius 3 is 2.63 bits per heavy atom. The Labute approximate surface area is 111 Å². The second kappa shape index (κ2) is 4.72. The van der Waals surface area contributed by atoms with Gasteiger partial charge in [0.05, 0.1) is 20.0 Å². The van der Waals surface area contributed by atoms with Crippen LogP contribution in [-0.2, 0) is 6.54 Å². The van der Waals surface area contributed by atoms with Crippen molar-refractivity contribution >= 4 is 11.2 Å². The van der Waals surface area contributed by atoms with E-state index < -0.39 is 0 Å². The lowest BCUT2D eigenvalue weighted by Gasteiger charge is -2.05. The predicted octanol–water partition coefficient (Wildman–Crippen LogP) is 2.80. The molecule has 0 atom stereocenters. The number of pyridine rings is 1. The monoisotopic (exact) mass is 253 g/mol. The molecule has 3 rings (SSSR count). The zero-order chi connectivity index (χ0) is 13.2. The topological polar surface area (TPSA) is 39.9 Å². The highest BCUT2D eigenvalue weighted by molar-refractivity contribution is 5.74. The maximum atomic E-state index is 5.16. The molecule has 4 heteroatoms. The molecule has 2 heterocycles. The van der Waals surface area contributed by atoms with Crippen LogP contribution < -0.4 is 4.74 Å². The maximum absolute atomic E-state index is 5.16. The summed E-state index contributed by atoms with van der Waals surface area (Å²) in [5.74, 6) is 0.869. The number of benzene rings is 1. The number of aryl methyl sites for hydroxylation is 1. The van der Waals surface area contributed by atoms with Gasteiger partial charge in [-0.1, -0.05) is 12.1 Å². The Morgan fingerprint density at radius 1 is 1.11 bits per heavy atom. The van der Waals surface area contributed by atoms with Gasteiger partial charge in [0.15, 0.2) is 5.65 Å². The summed E-state index contributed by atoms with van der Waals surface area (Å²) in [6.45, 7) is 2.81. The number of hydrogen-bond acceptors (Lipinski definition) is 3. The molecule has 0 N–H and O–H groups in total. The molecule has 0 fully saturated rings. The van der Waals surface area contributed by atoms with Gasteiger partial charge in [-0.25, -0.2) is 9.97 Å². The average Bonchev–Trinajstić information content (AvgIpc) is 2.84. The van der Waals surface area contributed by atoms with Gasteiger partial charge >= 0.3 is 0 Å². The van der Waals surface area contributed by atoms with E-state index in [9.17, 15) is 0 Å². The summed E-state index contributed by atoms with van der Waals surface area (Å²) in [6, 6.07) is 10.0. The number of methoxy groups -OCH3 is 1. The molecular formula is C15H15N3O. The van der Waals surface area contributed by atoms with Crippen molar-refractivity contribution in [1.82, 2.24) is 14.5 Å². The average molecular weight is 253 g/mol. The van der Waals surface area contributed by atoms with Crippen molar-refractivity contribution in [1.29, 1.82) is 0 Å². The van der Waals surface area contributed by atoms with Crippen LogP contribution in [0.2, 0.25) is 0 Å². The number of nitrogens with zero attached hydrogens (tertiary/aromatic N) is 3. The minimum Gasteiger partial charge on any atom is -0.497 e. The third-order valence-corrected chi connectivity index (χ3v) is 3.22. The smallest absolute Gasteiger partial charge is 0.160 e. The van der Waals surface area contributed by atoms with E-state index in [0.29, 0.717) is 0 Å². The molecule has 0 amide bonds. The van der Waals surface area contributed by atoms with E-state index in [-0.39, 0.29) is 0 Å². The number of imidazole rings is 1. The second-order valence-electron chi connectivity index (χ2n) is 4.52. The van der Waals surface area contributed by atoms with Gasteiger partial charge in [0.1, 0.15) is 11.3 Å². The highest BCUT2D eigenvalue weighted by Crippen LogP contribution is 2.17. The molecule has 19 heavy (non-hydrogen) atoms. The Morgan fingerprint density at radius 2 is 1.89 bits per heavy atom. The first-order chi connectivity index (χ1) is 9.28. The summed E-state index contributed by atoms with van der Waals surface area (Å²) in [5.41, 5.74) is 4.24. The minimum absolute atomic E-state index is 0.761. The van der Waals surface area contributed by atoms with Crippen LogP contribution in [0, 0.1) is 6.92 Å². The third-order valence-electron chi connectivity index (χ3n) is 3.22. The SMILES string of the molecule is COc1ccc(Cn2cnc3c(C)ccnc32)cc1. The number of ether oxygens (including phenoxy) is 1. The van der Waals surface area contributed by atoms with Gasteiger partial charge in [0.25, 0.3) is 0 Å². The number of fused-ring (bicyclic) bond motifs is 1. The van der Waals surface area contributed by atoms with Gasteiger partial charge < -0.3 is 9.30 Å². The third kappa shape index (κ3) is 2.17. The quantitative estimate of drug-likeness (QED) is 0.720. The maximum Gasteiger partial charge on any atom is 0.160 e. The zero-order valence-electron chi connectivity index (χ0n) is 11.0. The molecule has 3 aromatic rings. The number of hydrogen-bond donors (Lipinski definition) is 0. The summed E-state index contributed by atoms with van der Waals surface area (Å²) in [5, 5.41) is 0. The Hall–Kier alpha value is -2.36. The molecule has 0 radical (unpaired) electrons. The zero-order valence-corrected chi connectivity index (χ0v) is 11.0. The molecule has 0 aliphatic rings. The second-order valence-corrected chi connectivity index (χ2v) is 4.52. The van der Waals surface area contributed by atoms with Gasteiger partial charge in [-0.15, -0.1) is 0 Å². The van der Waals surface area contributed by atoms with E-state index in [2.05, 4.69) is 33.6 Å². The first-order valence-electron chi connectivity index (χ1n) is 6.17. The van der Waals surface area contributed by atoms with Crippen LogP contribution >= 0.6 is 0 Å². The van der Waals surface area contributed by atoms with Crippen molar-refractivity contribution in [3.63, 3.8) is 0 Å². The Bertz CT molecular complexity index is 701. The fourth-order valence-corrected chi connectivity index (χ4v) is 2.13. The van der Waals surface area contributed by atoms with Crippen molar-refractivity contribution in [3.8, 4) is 5.75 Å². The van der Waals surface area contributed by atoms with E-state index in [4.69, 9.17) is 4.74 Å². The molecule has 4 nitrogen and oxygen atoms in total. The molecule has 0 saturated heterocycles. The van der Waals surface area contributed by atoms with E-state index in [1.165, 1.54) is 5.56 Å². The van der Waals surface area contributed by atoms with Gasteiger partial charge in [0.2, 0.25) is 0 Å². The summed E-state index contributed by atoms with van der Waals surface area (Å²) < 4.78 is 7.22. The summed E-state index contributed by atoms with van der Waals surface area (Å²) in [7, 11) is 1.67. The van der Waals surface area contributed by atoms with Crippen LogP contribution in [0.5, 0.6) is 5.75 Å². The normalized spacial score (nSPS) is 10.8. The highest BCUT2D eigenvalue weighted by Gasteiger charge is 2.06. The van der Waals surface area contributed by atoms with Crippen LogP contribution in [0.25, 0.3) is 11.2 Å². The Kier molecular flexibility index (Phi) is 2.91. The van der Waals surface area contributed by atoms with E-state index >= 15 is 0 Å². The fourth-order valence-electron chi connectivity index (χ4n) is 2.13. The lowest BCUT2D eigenvalue weighted by molar-refractivity contribution is 0.414. The lowest BCUT2D eigenvalue weighted by atomic mass is 10.2. The van der Waals surface area contributed by atoms with Crippen molar-refractivity contribution in [2.45, 2.75) is 13.5 Å². The van der Waals surface area contributed by atoms with Gasteiger partial charge in [-0.2, -0.15) is 0 Å². The lowest BCUT2D eigenvalue weighted by Crippen LogP contribution is -1.99. The van der Waals surface area contributed by atoms with Crippen molar-refractivity contribution in [2.75, 3.05) is 7.11 Å². The minimum atomic E-state index is 0.761. The molecule has 0 unspecified atom stereocenters. The Balaban J connectivity index is 1.94. The summed E-state index contributed by atoms with van der Waals surface area (Å²) in [6.07, 6.45) is 3.67.